The molecule has 0 nitrogen and oxygen atoms in total. The average molecular weight is 196 g/mol. The molecule has 0 aliphatic carbocycles. The summed E-state index contributed by atoms with van der Waals surface area (Å²) in [5.41, 5.74) is 1.75. The van der Waals surface area contributed by atoms with E-state index in [0.717, 1.165) is 5.57 Å². The number of allylic oxidation sites excluding steroid dienone is 1. The summed E-state index contributed by atoms with van der Waals surface area (Å²) >= 11 is 0. The third-order valence-corrected chi connectivity index (χ3v) is 2.18. The molecule has 1 aromatic rings. The molecule has 0 saturated carbocycles. The molecule has 0 radical (unpaired) electrons. The molecule has 1 rings (SSSR count). The summed E-state index contributed by atoms with van der Waals surface area (Å²) in [6.45, 7) is 7.16. The molecule has 0 N–H and O–H groups in total. The Labute approximate surface area is 83.3 Å². The second-order valence-electron chi connectivity index (χ2n) is 3.63. The van der Waals surface area contributed by atoms with Crippen LogP contribution in [0.2, 0.25) is 0 Å². The van der Waals surface area contributed by atoms with Crippen molar-refractivity contribution in [3.05, 3.63) is 47.0 Å². The lowest BCUT2D eigenvalue weighted by molar-refractivity contribution is 0.493. The van der Waals surface area contributed by atoms with Crippen LogP contribution in [0.4, 0.5) is 8.78 Å². The summed E-state index contributed by atoms with van der Waals surface area (Å²) in [6.07, 6.45) is 1.21. The highest BCUT2D eigenvalue weighted by atomic mass is 19.2. The fraction of sp³-hybridized carbons (Fsp3) is 0.333. The Bertz CT molecular complexity index is 354. The SMILES string of the molecule is C=C(C)CCc1ccc(C)c(F)c1F. The largest absolute Gasteiger partial charge is 0.203 e. The van der Waals surface area contributed by atoms with Gasteiger partial charge < -0.3 is 0 Å². The Kier molecular flexibility index (Phi) is 3.39. The van der Waals surface area contributed by atoms with Crippen LogP contribution in [-0.4, -0.2) is 0 Å². The Hall–Kier alpha value is -1.18. The third kappa shape index (κ3) is 2.41. The maximum absolute atomic E-state index is 13.3. The summed E-state index contributed by atoms with van der Waals surface area (Å²) < 4.78 is 26.4. The van der Waals surface area contributed by atoms with Crippen LogP contribution in [0, 0.1) is 18.6 Å². The van der Waals surface area contributed by atoms with Crippen molar-refractivity contribution in [1.82, 2.24) is 0 Å². The minimum absolute atomic E-state index is 0.349. The third-order valence-electron chi connectivity index (χ3n) is 2.18. The number of benzene rings is 1. The minimum atomic E-state index is -0.732. The van der Waals surface area contributed by atoms with Gasteiger partial charge in [0, 0.05) is 0 Å². The molecule has 2 heteroatoms. The van der Waals surface area contributed by atoms with Crippen molar-refractivity contribution in [2.75, 3.05) is 0 Å². The number of hydrogen-bond acceptors (Lipinski definition) is 0. The van der Waals surface area contributed by atoms with E-state index in [-0.39, 0.29) is 0 Å². The molecule has 14 heavy (non-hydrogen) atoms. The molecular formula is C12H14F2. The van der Waals surface area contributed by atoms with Crippen molar-refractivity contribution in [2.45, 2.75) is 26.7 Å². The fourth-order valence-corrected chi connectivity index (χ4v) is 1.23. The number of rotatable bonds is 3. The van der Waals surface area contributed by atoms with E-state index in [2.05, 4.69) is 6.58 Å². The monoisotopic (exact) mass is 196 g/mol. The second kappa shape index (κ2) is 4.36. The van der Waals surface area contributed by atoms with Crippen molar-refractivity contribution in [3.8, 4) is 0 Å². The van der Waals surface area contributed by atoms with Gasteiger partial charge in [-0.05, 0) is 37.8 Å². The highest BCUT2D eigenvalue weighted by molar-refractivity contribution is 5.25. The first kappa shape index (κ1) is 10.9. The van der Waals surface area contributed by atoms with Gasteiger partial charge >= 0.3 is 0 Å². The van der Waals surface area contributed by atoms with Gasteiger partial charge in [0.25, 0.3) is 0 Å². The van der Waals surface area contributed by atoms with E-state index in [1.165, 1.54) is 0 Å². The Morgan fingerprint density at radius 2 is 1.93 bits per heavy atom. The normalized spacial score (nSPS) is 10.3. The molecule has 0 spiro atoms. The van der Waals surface area contributed by atoms with Gasteiger partial charge in [-0.1, -0.05) is 17.7 Å². The Morgan fingerprint density at radius 1 is 1.29 bits per heavy atom. The number of halogens is 2. The lowest BCUT2D eigenvalue weighted by atomic mass is 10.0. The van der Waals surface area contributed by atoms with Gasteiger partial charge in [-0.2, -0.15) is 0 Å². The average Bonchev–Trinajstić information content (AvgIpc) is 2.13. The molecule has 0 amide bonds. The van der Waals surface area contributed by atoms with E-state index in [9.17, 15) is 8.78 Å². The van der Waals surface area contributed by atoms with Crippen molar-refractivity contribution >= 4 is 0 Å². The molecule has 0 unspecified atom stereocenters. The predicted molar refractivity (Wildman–Crippen MR) is 54.2 cm³/mol. The molecular weight excluding hydrogens is 182 g/mol. The van der Waals surface area contributed by atoms with Gasteiger partial charge in [-0.15, -0.1) is 6.58 Å². The summed E-state index contributed by atoms with van der Waals surface area (Å²) in [6, 6.07) is 3.24. The van der Waals surface area contributed by atoms with Crippen LogP contribution in [0.1, 0.15) is 24.5 Å². The molecule has 0 heterocycles. The first-order valence-electron chi connectivity index (χ1n) is 4.60. The molecule has 0 aromatic heterocycles. The van der Waals surface area contributed by atoms with Crippen molar-refractivity contribution in [3.63, 3.8) is 0 Å². The highest BCUT2D eigenvalue weighted by Crippen LogP contribution is 2.17. The quantitative estimate of drug-likeness (QED) is 0.645. The molecule has 76 valence electrons. The smallest absolute Gasteiger partial charge is 0.162 e. The van der Waals surface area contributed by atoms with Crippen molar-refractivity contribution in [2.24, 2.45) is 0 Å². The molecule has 1 aromatic carbocycles. The molecule has 0 saturated heterocycles. The van der Waals surface area contributed by atoms with Crippen LogP contribution >= 0.6 is 0 Å². The Balaban J connectivity index is 2.88. The lowest BCUT2D eigenvalue weighted by Gasteiger charge is -2.05. The van der Waals surface area contributed by atoms with E-state index >= 15 is 0 Å². The molecule has 0 fully saturated rings. The van der Waals surface area contributed by atoms with Crippen LogP contribution in [-0.2, 0) is 6.42 Å². The zero-order valence-electron chi connectivity index (χ0n) is 8.53. The predicted octanol–water partition coefficient (Wildman–Crippen LogP) is 3.78. The summed E-state index contributed by atoms with van der Waals surface area (Å²) in [7, 11) is 0. The second-order valence-corrected chi connectivity index (χ2v) is 3.63. The van der Waals surface area contributed by atoms with Gasteiger partial charge in [-0.3, -0.25) is 0 Å². The van der Waals surface area contributed by atoms with Crippen LogP contribution in [0.25, 0.3) is 0 Å². The fourth-order valence-electron chi connectivity index (χ4n) is 1.23. The topological polar surface area (TPSA) is 0 Å². The van der Waals surface area contributed by atoms with Crippen LogP contribution in [0.15, 0.2) is 24.3 Å². The number of aryl methyl sites for hydroxylation is 2. The van der Waals surface area contributed by atoms with Crippen LogP contribution in [0.5, 0.6) is 0 Å². The van der Waals surface area contributed by atoms with Gasteiger partial charge in [0.15, 0.2) is 11.6 Å². The molecule has 0 bridgehead atoms. The molecule has 0 aliphatic rings. The van der Waals surface area contributed by atoms with Crippen LogP contribution in [0.3, 0.4) is 0 Å². The van der Waals surface area contributed by atoms with E-state index in [4.69, 9.17) is 0 Å². The minimum Gasteiger partial charge on any atom is -0.203 e. The zero-order valence-corrected chi connectivity index (χ0v) is 8.53. The van der Waals surface area contributed by atoms with Crippen molar-refractivity contribution < 1.29 is 8.78 Å². The maximum Gasteiger partial charge on any atom is 0.162 e. The van der Waals surface area contributed by atoms with Crippen LogP contribution < -0.4 is 0 Å². The summed E-state index contributed by atoms with van der Waals surface area (Å²) in [5, 5.41) is 0. The van der Waals surface area contributed by atoms with Gasteiger partial charge in [0.2, 0.25) is 0 Å². The van der Waals surface area contributed by atoms with E-state index in [1.54, 1.807) is 19.1 Å². The highest BCUT2D eigenvalue weighted by Gasteiger charge is 2.10. The first-order chi connectivity index (χ1) is 6.52. The van der Waals surface area contributed by atoms with E-state index in [1.807, 2.05) is 6.92 Å². The standard InChI is InChI=1S/C12H14F2/c1-8(2)4-6-10-7-5-9(3)11(13)12(10)14/h5,7H,1,4,6H2,2-3H3. The zero-order chi connectivity index (χ0) is 10.7. The van der Waals surface area contributed by atoms with E-state index < -0.39 is 11.6 Å². The summed E-state index contributed by atoms with van der Waals surface area (Å²) in [4.78, 5) is 0. The lowest BCUT2D eigenvalue weighted by Crippen LogP contribution is -1.97. The first-order valence-corrected chi connectivity index (χ1v) is 4.60. The number of hydrogen-bond donors (Lipinski definition) is 0. The molecule has 0 aliphatic heterocycles. The van der Waals surface area contributed by atoms with Crippen molar-refractivity contribution in [1.29, 1.82) is 0 Å². The van der Waals surface area contributed by atoms with E-state index in [0.29, 0.717) is 24.0 Å². The maximum atomic E-state index is 13.3. The van der Waals surface area contributed by atoms with Gasteiger partial charge in [0.05, 0.1) is 0 Å². The van der Waals surface area contributed by atoms with Gasteiger partial charge in [0.1, 0.15) is 0 Å². The Morgan fingerprint density at radius 3 is 2.50 bits per heavy atom. The summed E-state index contributed by atoms with van der Waals surface area (Å²) in [5.74, 6) is -1.45. The molecule has 0 atom stereocenters. The van der Waals surface area contributed by atoms with Gasteiger partial charge in [-0.25, -0.2) is 8.78 Å².